The van der Waals surface area contributed by atoms with Gasteiger partial charge in [-0.15, -0.1) is 11.3 Å². The molecule has 1 aromatic carbocycles. The molecule has 0 saturated heterocycles. The molecular weight excluding hydrogens is 330 g/mol. The van der Waals surface area contributed by atoms with Gasteiger partial charge in [-0.25, -0.2) is 4.98 Å². The van der Waals surface area contributed by atoms with Crippen LogP contribution in [0.4, 0.5) is 0 Å². The molecule has 4 nitrogen and oxygen atoms in total. The van der Waals surface area contributed by atoms with Gasteiger partial charge < -0.3 is 11.1 Å². The third-order valence-corrected chi connectivity index (χ3v) is 5.27. The molecule has 0 aliphatic heterocycles. The van der Waals surface area contributed by atoms with Crippen molar-refractivity contribution < 1.29 is 4.79 Å². The maximum atomic E-state index is 12.1. The van der Waals surface area contributed by atoms with Crippen molar-refractivity contribution in [1.29, 1.82) is 0 Å². The van der Waals surface area contributed by atoms with Gasteiger partial charge in [0.05, 0.1) is 11.7 Å². The van der Waals surface area contributed by atoms with E-state index in [9.17, 15) is 4.79 Å². The molecule has 1 heterocycles. The fraction of sp³-hybridized carbons (Fsp3) is 0.412. The van der Waals surface area contributed by atoms with Crippen LogP contribution in [-0.2, 0) is 4.79 Å². The summed E-state index contributed by atoms with van der Waals surface area (Å²) in [5, 5.41) is 4.57. The van der Waals surface area contributed by atoms with Crippen LogP contribution < -0.4 is 11.1 Å². The van der Waals surface area contributed by atoms with Gasteiger partial charge in [0.1, 0.15) is 5.01 Å². The smallest absolute Gasteiger partial charge is 0.224 e. The summed E-state index contributed by atoms with van der Waals surface area (Å²) in [5.41, 5.74) is 7.74. The standard InChI is InChI=1S/C17H22ClN3OS/c1-9(10(2)19)16(22)20-11(3)17-21-15(12(4)23-17)13-5-7-14(18)8-6-13/h5-11H,19H2,1-4H3,(H,20,22). The van der Waals surface area contributed by atoms with Crippen molar-refractivity contribution in [1.82, 2.24) is 10.3 Å². The third kappa shape index (κ3) is 4.31. The number of amides is 1. The largest absolute Gasteiger partial charge is 0.347 e. The van der Waals surface area contributed by atoms with Gasteiger partial charge in [0.2, 0.25) is 5.91 Å². The average Bonchev–Trinajstić information content (AvgIpc) is 2.89. The molecule has 124 valence electrons. The van der Waals surface area contributed by atoms with E-state index in [0.29, 0.717) is 5.02 Å². The molecule has 0 saturated carbocycles. The summed E-state index contributed by atoms with van der Waals surface area (Å²) in [6.45, 7) is 7.64. The van der Waals surface area contributed by atoms with E-state index in [1.165, 1.54) is 0 Å². The molecule has 1 aromatic heterocycles. The van der Waals surface area contributed by atoms with Crippen LogP contribution in [0.1, 0.15) is 36.7 Å². The van der Waals surface area contributed by atoms with Crippen molar-refractivity contribution in [3.05, 3.63) is 39.2 Å². The van der Waals surface area contributed by atoms with E-state index < -0.39 is 0 Å². The van der Waals surface area contributed by atoms with E-state index in [1.807, 2.05) is 52.0 Å². The second kappa shape index (κ2) is 7.43. The van der Waals surface area contributed by atoms with E-state index in [2.05, 4.69) is 5.32 Å². The fourth-order valence-electron chi connectivity index (χ4n) is 2.12. The van der Waals surface area contributed by atoms with E-state index in [0.717, 1.165) is 21.1 Å². The second-order valence-corrected chi connectivity index (χ2v) is 7.51. The van der Waals surface area contributed by atoms with Crippen molar-refractivity contribution in [2.75, 3.05) is 0 Å². The van der Waals surface area contributed by atoms with E-state index in [-0.39, 0.29) is 23.9 Å². The van der Waals surface area contributed by atoms with Crippen molar-refractivity contribution in [3.63, 3.8) is 0 Å². The first-order valence-corrected chi connectivity index (χ1v) is 8.78. The Kier molecular flexibility index (Phi) is 5.79. The van der Waals surface area contributed by atoms with Crippen molar-refractivity contribution in [2.24, 2.45) is 11.7 Å². The Morgan fingerprint density at radius 2 is 1.87 bits per heavy atom. The summed E-state index contributed by atoms with van der Waals surface area (Å²) < 4.78 is 0. The van der Waals surface area contributed by atoms with Crippen LogP contribution in [0.15, 0.2) is 24.3 Å². The number of aromatic nitrogens is 1. The molecule has 1 amide bonds. The minimum atomic E-state index is -0.228. The lowest BCUT2D eigenvalue weighted by atomic mass is 10.0. The van der Waals surface area contributed by atoms with Crippen LogP contribution >= 0.6 is 22.9 Å². The van der Waals surface area contributed by atoms with Crippen LogP contribution in [0.25, 0.3) is 11.3 Å². The second-order valence-electron chi connectivity index (χ2n) is 5.84. The number of rotatable bonds is 5. The lowest BCUT2D eigenvalue weighted by Gasteiger charge is -2.18. The summed E-state index contributed by atoms with van der Waals surface area (Å²) in [5.74, 6) is -0.275. The lowest BCUT2D eigenvalue weighted by molar-refractivity contribution is -0.125. The molecule has 3 unspecified atom stereocenters. The minimum absolute atomic E-state index is 0.0478. The number of nitrogens with two attached hydrogens (primary N) is 1. The van der Waals surface area contributed by atoms with Gasteiger partial charge in [0.15, 0.2) is 0 Å². The normalized spacial score (nSPS) is 15.0. The Balaban J connectivity index is 2.17. The van der Waals surface area contributed by atoms with Gasteiger partial charge in [-0.2, -0.15) is 0 Å². The molecule has 2 rings (SSSR count). The summed E-state index contributed by atoms with van der Waals surface area (Å²) in [7, 11) is 0. The number of aryl methyl sites for hydroxylation is 1. The minimum Gasteiger partial charge on any atom is -0.347 e. The molecule has 0 aliphatic carbocycles. The van der Waals surface area contributed by atoms with E-state index in [1.54, 1.807) is 11.3 Å². The number of hydrogen-bond acceptors (Lipinski definition) is 4. The predicted octanol–water partition coefficient (Wildman–Crippen LogP) is 3.93. The highest BCUT2D eigenvalue weighted by Gasteiger charge is 2.21. The highest BCUT2D eigenvalue weighted by molar-refractivity contribution is 7.12. The van der Waals surface area contributed by atoms with Gasteiger partial charge in [-0.3, -0.25) is 4.79 Å². The number of carbonyl (C=O) groups is 1. The van der Waals surface area contributed by atoms with Crippen LogP contribution in [-0.4, -0.2) is 16.9 Å². The first-order chi connectivity index (χ1) is 10.8. The van der Waals surface area contributed by atoms with Crippen LogP contribution in [0.3, 0.4) is 0 Å². The zero-order chi connectivity index (χ0) is 17.1. The molecule has 23 heavy (non-hydrogen) atoms. The van der Waals surface area contributed by atoms with E-state index >= 15 is 0 Å². The number of nitrogens with one attached hydrogen (secondary N) is 1. The molecule has 0 aliphatic rings. The molecular formula is C17H22ClN3OS. The quantitative estimate of drug-likeness (QED) is 0.857. The molecule has 6 heteroatoms. The lowest BCUT2D eigenvalue weighted by Crippen LogP contribution is -2.39. The molecule has 0 radical (unpaired) electrons. The molecule has 2 aromatic rings. The average molecular weight is 352 g/mol. The Hall–Kier alpha value is -1.43. The highest BCUT2D eigenvalue weighted by atomic mass is 35.5. The number of carbonyl (C=O) groups excluding carboxylic acids is 1. The van der Waals surface area contributed by atoms with Gasteiger partial charge >= 0.3 is 0 Å². The van der Waals surface area contributed by atoms with E-state index in [4.69, 9.17) is 22.3 Å². The molecule has 0 bridgehead atoms. The van der Waals surface area contributed by atoms with Gasteiger partial charge in [0, 0.05) is 27.4 Å². The maximum Gasteiger partial charge on any atom is 0.224 e. The van der Waals surface area contributed by atoms with Crippen LogP contribution in [0, 0.1) is 12.8 Å². The maximum absolute atomic E-state index is 12.1. The van der Waals surface area contributed by atoms with Gasteiger partial charge in [0.25, 0.3) is 0 Å². The van der Waals surface area contributed by atoms with Crippen molar-refractivity contribution in [3.8, 4) is 11.3 Å². The van der Waals surface area contributed by atoms with Crippen LogP contribution in [0.2, 0.25) is 5.02 Å². The third-order valence-electron chi connectivity index (χ3n) is 3.86. The zero-order valence-electron chi connectivity index (χ0n) is 13.8. The summed E-state index contributed by atoms with van der Waals surface area (Å²) in [6, 6.07) is 7.29. The molecule has 0 fully saturated rings. The van der Waals surface area contributed by atoms with Crippen LogP contribution in [0.5, 0.6) is 0 Å². The zero-order valence-corrected chi connectivity index (χ0v) is 15.3. The number of halogens is 1. The summed E-state index contributed by atoms with van der Waals surface area (Å²) in [6.07, 6.45) is 0. The fourth-order valence-corrected chi connectivity index (χ4v) is 3.20. The Bertz CT molecular complexity index is 682. The SMILES string of the molecule is Cc1sc(C(C)NC(=O)C(C)C(C)N)nc1-c1ccc(Cl)cc1. The van der Waals surface area contributed by atoms with Gasteiger partial charge in [-0.05, 0) is 32.9 Å². The summed E-state index contributed by atoms with van der Waals surface area (Å²) in [4.78, 5) is 17.9. The number of hydrogen-bond donors (Lipinski definition) is 2. The first-order valence-electron chi connectivity index (χ1n) is 7.58. The number of benzene rings is 1. The molecule has 3 atom stereocenters. The number of nitrogens with zero attached hydrogens (tertiary/aromatic N) is 1. The Morgan fingerprint density at radius 1 is 1.26 bits per heavy atom. The highest BCUT2D eigenvalue weighted by Crippen LogP contribution is 2.31. The monoisotopic (exact) mass is 351 g/mol. The number of thiazole rings is 1. The molecule has 3 N–H and O–H groups in total. The first kappa shape index (κ1) is 17.9. The summed E-state index contributed by atoms with van der Waals surface area (Å²) >= 11 is 7.52. The van der Waals surface area contributed by atoms with Gasteiger partial charge in [-0.1, -0.05) is 30.7 Å². The topological polar surface area (TPSA) is 68.0 Å². The Morgan fingerprint density at radius 3 is 2.43 bits per heavy atom. The molecule has 0 spiro atoms. The van der Waals surface area contributed by atoms with Crippen molar-refractivity contribution in [2.45, 2.75) is 39.8 Å². The predicted molar refractivity (Wildman–Crippen MR) is 96.7 cm³/mol. The van der Waals surface area contributed by atoms with Crippen molar-refractivity contribution >= 4 is 28.8 Å². The Labute approximate surface area is 146 Å².